The van der Waals surface area contributed by atoms with Crippen molar-refractivity contribution in [1.29, 1.82) is 0 Å². The van der Waals surface area contributed by atoms with Crippen LogP contribution in [-0.4, -0.2) is 26.2 Å². The Bertz CT molecular complexity index is 622. The molecule has 2 nitrogen and oxygen atoms in total. The molecule has 2 unspecified atom stereocenters. The van der Waals surface area contributed by atoms with Crippen LogP contribution >= 0.6 is 0 Å². The Hall–Kier alpha value is -1.64. The second-order valence-electron chi connectivity index (χ2n) is 7.36. The summed E-state index contributed by atoms with van der Waals surface area (Å²) in [7, 11) is 0. The van der Waals surface area contributed by atoms with E-state index in [0.717, 1.165) is 26.2 Å². The Morgan fingerprint density at radius 2 is 1.21 bits per heavy atom. The molecule has 2 heteroatoms. The third-order valence-corrected chi connectivity index (χ3v) is 5.93. The number of benzene rings is 2. The van der Waals surface area contributed by atoms with Crippen LogP contribution in [0.3, 0.4) is 0 Å². The van der Waals surface area contributed by atoms with Gasteiger partial charge in [-0.3, -0.25) is 0 Å². The lowest BCUT2D eigenvalue weighted by Gasteiger charge is -2.24. The van der Waals surface area contributed by atoms with Crippen molar-refractivity contribution in [2.45, 2.75) is 37.5 Å². The Morgan fingerprint density at radius 1 is 0.750 bits per heavy atom. The summed E-state index contributed by atoms with van der Waals surface area (Å²) in [5.41, 5.74) is 6.14. The minimum absolute atomic E-state index is 0.457. The summed E-state index contributed by atoms with van der Waals surface area (Å²) in [6.07, 6.45) is 2.52. The van der Waals surface area contributed by atoms with Crippen molar-refractivity contribution in [1.82, 2.24) is 10.6 Å². The molecule has 4 rings (SSSR count). The quantitative estimate of drug-likeness (QED) is 0.890. The van der Waals surface area contributed by atoms with E-state index in [2.05, 4.69) is 66.1 Å². The van der Waals surface area contributed by atoms with E-state index in [1.165, 1.54) is 24.0 Å². The summed E-state index contributed by atoms with van der Waals surface area (Å²) in [4.78, 5) is 0. The average Bonchev–Trinajstić information content (AvgIpc) is 3.35. The Labute approximate surface area is 145 Å². The lowest BCUT2D eigenvalue weighted by Crippen LogP contribution is -2.13. The summed E-state index contributed by atoms with van der Waals surface area (Å²) in [6, 6.07) is 18.2. The molecule has 126 valence electrons. The van der Waals surface area contributed by atoms with Gasteiger partial charge < -0.3 is 10.6 Å². The first-order valence-corrected chi connectivity index (χ1v) is 9.43. The van der Waals surface area contributed by atoms with Gasteiger partial charge in [0.1, 0.15) is 0 Å². The first kappa shape index (κ1) is 15.9. The van der Waals surface area contributed by atoms with Gasteiger partial charge in [0.15, 0.2) is 0 Å². The molecule has 24 heavy (non-hydrogen) atoms. The fourth-order valence-electron chi connectivity index (χ4n) is 4.56. The van der Waals surface area contributed by atoms with Crippen molar-refractivity contribution in [3.8, 4) is 0 Å². The van der Waals surface area contributed by atoms with Gasteiger partial charge in [-0.2, -0.15) is 0 Å². The van der Waals surface area contributed by atoms with Gasteiger partial charge in [-0.25, -0.2) is 0 Å². The van der Waals surface area contributed by atoms with Crippen LogP contribution in [0, 0.1) is 0 Å². The lowest BCUT2D eigenvalue weighted by atomic mass is 9.80. The van der Waals surface area contributed by atoms with Crippen LogP contribution in [0.1, 0.15) is 59.8 Å². The van der Waals surface area contributed by atoms with E-state index in [9.17, 15) is 0 Å². The molecule has 0 aromatic heterocycles. The highest BCUT2D eigenvalue weighted by molar-refractivity contribution is 5.44. The van der Waals surface area contributed by atoms with E-state index in [0.29, 0.717) is 17.8 Å². The van der Waals surface area contributed by atoms with Crippen molar-refractivity contribution in [3.63, 3.8) is 0 Å². The average molecular weight is 320 g/mol. The van der Waals surface area contributed by atoms with E-state index in [1.807, 2.05) is 0 Å². The van der Waals surface area contributed by atoms with Crippen LogP contribution < -0.4 is 10.6 Å². The fourth-order valence-corrected chi connectivity index (χ4v) is 4.56. The Balaban J connectivity index is 1.71. The molecule has 2 N–H and O–H groups in total. The highest BCUT2D eigenvalue weighted by atomic mass is 14.9. The van der Waals surface area contributed by atoms with Crippen LogP contribution in [0.4, 0.5) is 0 Å². The first-order valence-electron chi connectivity index (χ1n) is 9.43. The van der Waals surface area contributed by atoms with Crippen LogP contribution in [0.5, 0.6) is 0 Å². The second kappa shape index (κ2) is 7.08. The van der Waals surface area contributed by atoms with E-state index < -0.39 is 0 Å². The summed E-state index contributed by atoms with van der Waals surface area (Å²) in [6.45, 7) is 6.94. The summed E-state index contributed by atoms with van der Waals surface area (Å²) >= 11 is 0. The van der Waals surface area contributed by atoms with Gasteiger partial charge in [0.25, 0.3) is 0 Å². The highest BCUT2D eigenvalue weighted by Gasteiger charge is 2.25. The van der Waals surface area contributed by atoms with Gasteiger partial charge in [-0.05, 0) is 60.0 Å². The number of rotatable bonds is 4. The number of hydrogen-bond acceptors (Lipinski definition) is 2. The van der Waals surface area contributed by atoms with Crippen molar-refractivity contribution in [2.75, 3.05) is 26.2 Å². The standard InChI is InChI=1S/C22H28N2/c1-16(19-6-2-4-8-21(19)17-10-12-23-14-17)20-7-3-5-9-22(20)18-11-13-24-15-18/h2-9,16-18,23-24H,10-15H2,1H3. The monoisotopic (exact) mass is 320 g/mol. The number of hydrogen-bond donors (Lipinski definition) is 2. The molecular weight excluding hydrogens is 292 g/mol. The topological polar surface area (TPSA) is 24.1 Å². The second-order valence-corrected chi connectivity index (χ2v) is 7.36. The zero-order valence-corrected chi connectivity index (χ0v) is 14.6. The molecule has 2 aromatic carbocycles. The third-order valence-electron chi connectivity index (χ3n) is 5.93. The van der Waals surface area contributed by atoms with Crippen molar-refractivity contribution in [2.24, 2.45) is 0 Å². The molecule has 0 amide bonds. The minimum atomic E-state index is 0.457. The maximum absolute atomic E-state index is 3.52. The van der Waals surface area contributed by atoms with Crippen LogP contribution in [0.2, 0.25) is 0 Å². The van der Waals surface area contributed by atoms with Gasteiger partial charge in [0.2, 0.25) is 0 Å². The minimum Gasteiger partial charge on any atom is -0.316 e. The molecule has 2 aliphatic rings. The van der Waals surface area contributed by atoms with Crippen LogP contribution in [0.25, 0.3) is 0 Å². The van der Waals surface area contributed by atoms with Gasteiger partial charge >= 0.3 is 0 Å². The maximum Gasteiger partial charge on any atom is 0.00666 e. The Kier molecular flexibility index (Phi) is 4.68. The molecule has 2 heterocycles. The molecule has 2 atom stereocenters. The van der Waals surface area contributed by atoms with Crippen LogP contribution in [-0.2, 0) is 0 Å². The molecule has 0 saturated carbocycles. The van der Waals surface area contributed by atoms with Gasteiger partial charge in [-0.1, -0.05) is 55.5 Å². The molecule has 0 radical (unpaired) electrons. The Morgan fingerprint density at radius 3 is 1.62 bits per heavy atom. The summed E-state index contributed by atoms with van der Waals surface area (Å²) < 4.78 is 0. The lowest BCUT2D eigenvalue weighted by molar-refractivity contribution is 0.720. The largest absolute Gasteiger partial charge is 0.316 e. The molecule has 0 bridgehead atoms. The molecule has 2 aromatic rings. The van der Waals surface area contributed by atoms with Gasteiger partial charge in [0.05, 0.1) is 0 Å². The predicted molar refractivity (Wildman–Crippen MR) is 101 cm³/mol. The van der Waals surface area contributed by atoms with Crippen molar-refractivity contribution in [3.05, 3.63) is 70.8 Å². The molecule has 0 spiro atoms. The van der Waals surface area contributed by atoms with E-state index >= 15 is 0 Å². The van der Waals surface area contributed by atoms with Gasteiger partial charge in [-0.15, -0.1) is 0 Å². The molecular formula is C22H28N2. The summed E-state index contributed by atoms with van der Waals surface area (Å²) in [5, 5.41) is 7.05. The van der Waals surface area contributed by atoms with Crippen LogP contribution in [0.15, 0.2) is 48.5 Å². The zero-order chi connectivity index (χ0) is 16.4. The molecule has 2 saturated heterocycles. The third kappa shape index (κ3) is 3.01. The molecule has 2 aliphatic heterocycles. The summed E-state index contributed by atoms with van der Waals surface area (Å²) in [5.74, 6) is 1.80. The fraction of sp³-hybridized carbons (Fsp3) is 0.455. The SMILES string of the molecule is CC(c1ccccc1C1CCNC1)c1ccccc1C1CCNC1. The maximum atomic E-state index is 3.52. The van der Waals surface area contributed by atoms with Crippen molar-refractivity contribution >= 4 is 0 Å². The normalized spacial score (nSPS) is 25.0. The predicted octanol–water partition coefficient (Wildman–Crippen LogP) is 3.99. The van der Waals surface area contributed by atoms with E-state index in [-0.39, 0.29) is 0 Å². The number of nitrogens with one attached hydrogen (secondary N) is 2. The smallest absolute Gasteiger partial charge is 0.00666 e. The highest BCUT2D eigenvalue weighted by Crippen LogP contribution is 2.37. The van der Waals surface area contributed by atoms with E-state index in [1.54, 1.807) is 11.1 Å². The van der Waals surface area contributed by atoms with Gasteiger partial charge in [0, 0.05) is 19.0 Å². The van der Waals surface area contributed by atoms with Crippen molar-refractivity contribution < 1.29 is 0 Å². The zero-order valence-electron chi connectivity index (χ0n) is 14.6. The molecule has 2 fully saturated rings. The first-order chi connectivity index (χ1) is 11.8. The van der Waals surface area contributed by atoms with E-state index in [4.69, 9.17) is 0 Å². The molecule has 0 aliphatic carbocycles.